The zero-order valence-corrected chi connectivity index (χ0v) is 16.6. The third kappa shape index (κ3) is 4.27. The van der Waals surface area contributed by atoms with Crippen LogP contribution in [0.15, 0.2) is 53.0 Å². The van der Waals surface area contributed by atoms with E-state index in [1.807, 2.05) is 48.5 Å². The van der Waals surface area contributed by atoms with E-state index >= 15 is 0 Å². The lowest BCUT2D eigenvalue weighted by molar-refractivity contribution is -0.115. The number of hydrogen-bond donors (Lipinski definition) is 1. The average Bonchev–Trinajstić information content (AvgIpc) is 2.92. The predicted molar refractivity (Wildman–Crippen MR) is 109 cm³/mol. The number of benzene rings is 2. The molecule has 3 aromatic rings. The molecule has 0 atom stereocenters. The number of nitrogens with one attached hydrogen (secondary N) is 1. The molecule has 0 bridgehead atoms. The molecule has 1 aliphatic rings. The van der Waals surface area contributed by atoms with E-state index in [9.17, 15) is 4.79 Å². The number of aryl methyl sites for hydroxylation is 1. The zero-order chi connectivity index (χ0) is 18.6. The molecule has 6 heteroatoms. The maximum atomic E-state index is 12.4. The molecular formula is C21H21BrN4O. The van der Waals surface area contributed by atoms with Crippen molar-refractivity contribution in [3.05, 3.63) is 64.4 Å². The van der Waals surface area contributed by atoms with Crippen molar-refractivity contribution in [2.45, 2.75) is 38.6 Å². The summed E-state index contributed by atoms with van der Waals surface area (Å²) in [5, 5.41) is 11.8. The fraction of sp³-hybridized carbons (Fsp3) is 0.286. The van der Waals surface area contributed by atoms with Crippen LogP contribution in [0.4, 0.5) is 5.69 Å². The summed E-state index contributed by atoms with van der Waals surface area (Å²) >= 11 is 3.41. The van der Waals surface area contributed by atoms with Gasteiger partial charge in [-0.2, -0.15) is 0 Å². The Balaban J connectivity index is 1.50. The highest BCUT2D eigenvalue weighted by Gasteiger charge is 2.16. The van der Waals surface area contributed by atoms with Gasteiger partial charge in [-0.3, -0.25) is 4.79 Å². The van der Waals surface area contributed by atoms with Crippen molar-refractivity contribution in [1.82, 2.24) is 14.8 Å². The summed E-state index contributed by atoms with van der Waals surface area (Å²) in [5.41, 5.74) is 2.74. The Bertz CT molecular complexity index is 949. The highest BCUT2D eigenvalue weighted by Crippen LogP contribution is 2.25. The van der Waals surface area contributed by atoms with E-state index in [0.29, 0.717) is 6.42 Å². The predicted octanol–water partition coefficient (Wildman–Crippen LogP) is 4.62. The van der Waals surface area contributed by atoms with Crippen molar-refractivity contribution in [3.63, 3.8) is 0 Å². The molecule has 27 heavy (non-hydrogen) atoms. The number of amides is 1. The number of fused-ring (bicyclic) bond motifs is 1. The van der Waals surface area contributed by atoms with Gasteiger partial charge in [0.15, 0.2) is 5.82 Å². The smallest absolute Gasteiger partial charge is 0.228 e. The monoisotopic (exact) mass is 424 g/mol. The second kappa shape index (κ2) is 8.05. The van der Waals surface area contributed by atoms with Crippen LogP contribution in [-0.2, 0) is 24.2 Å². The molecule has 5 nitrogen and oxygen atoms in total. The van der Waals surface area contributed by atoms with Crippen molar-refractivity contribution in [1.29, 1.82) is 0 Å². The van der Waals surface area contributed by atoms with Crippen LogP contribution < -0.4 is 5.32 Å². The van der Waals surface area contributed by atoms with Crippen molar-refractivity contribution >= 4 is 27.5 Å². The Morgan fingerprint density at radius 1 is 1.07 bits per heavy atom. The summed E-state index contributed by atoms with van der Waals surface area (Å²) in [4.78, 5) is 12.4. The highest BCUT2D eigenvalue weighted by molar-refractivity contribution is 9.10. The molecule has 1 aromatic heterocycles. The van der Waals surface area contributed by atoms with Crippen LogP contribution in [0.3, 0.4) is 0 Å². The van der Waals surface area contributed by atoms with Crippen LogP contribution in [0, 0.1) is 0 Å². The van der Waals surface area contributed by atoms with Crippen LogP contribution in [0.2, 0.25) is 0 Å². The summed E-state index contributed by atoms with van der Waals surface area (Å²) in [6.45, 7) is 0.956. The van der Waals surface area contributed by atoms with Gasteiger partial charge in [0.25, 0.3) is 0 Å². The molecule has 0 spiro atoms. The van der Waals surface area contributed by atoms with Gasteiger partial charge in [0, 0.05) is 28.7 Å². The molecule has 0 aliphatic carbocycles. The second-order valence-electron chi connectivity index (χ2n) is 6.83. The van der Waals surface area contributed by atoms with Gasteiger partial charge in [-0.25, -0.2) is 0 Å². The first kappa shape index (κ1) is 17.9. The van der Waals surface area contributed by atoms with Crippen molar-refractivity contribution < 1.29 is 4.79 Å². The van der Waals surface area contributed by atoms with E-state index < -0.39 is 0 Å². The third-order valence-electron chi connectivity index (χ3n) is 4.79. The molecule has 0 radical (unpaired) electrons. The molecule has 2 aromatic carbocycles. The lowest BCUT2D eigenvalue weighted by Crippen LogP contribution is -2.14. The number of anilines is 1. The molecule has 2 heterocycles. The number of nitrogens with zero attached hydrogens (tertiary/aromatic N) is 3. The highest BCUT2D eigenvalue weighted by atomic mass is 79.9. The van der Waals surface area contributed by atoms with E-state index in [4.69, 9.17) is 0 Å². The molecule has 0 saturated heterocycles. The summed E-state index contributed by atoms with van der Waals surface area (Å²) in [6.07, 6.45) is 4.88. The lowest BCUT2D eigenvalue weighted by Gasteiger charge is -2.09. The minimum atomic E-state index is -0.0328. The van der Waals surface area contributed by atoms with Crippen LogP contribution in [0.1, 0.15) is 30.7 Å². The van der Waals surface area contributed by atoms with E-state index in [-0.39, 0.29) is 5.91 Å². The molecular weight excluding hydrogens is 404 g/mol. The number of rotatable bonds is 4. The first-order valence-corrected chi connectivity index (χ1v) is 10.1. The Morgan fingerprint density at radius 2 is 1.93 bits per heavy atom. The fourth-order valence-corrected chi connectivity index (χ4v) is 3.69. The standard InChI is InChI=1S/C21H21BrN4O/c22-17-10-8-15(9-11-17)13-20(27)23-18-6-4-5-16(14-18)21-25-24-19-7-2-1-3-12-26(19)21/h4-6,8-11,14H,1-3,7,12-13H2,(H,23,27). The first-order chi connectivity index (χ1) is 13.2. The number of hydrogen-bond acceptors (Lipinski definition) is 3. The lowest BCUT2D eigenvalue weighted by atomic mass is 10.1. The molecule has 0 fully saturated rings. The van der Waals surface area contributed by atoms with Gasteiger partial charge >= 0.3 is 0 Å². The molecule has 0 saturated carbocycles. The van der Waals surface area contributed by atoms with Gasteiger partial charge in [-0.05, 0) is 42.7 Å². The van der Waals surface area contributed by atoms with Gasteiger partial charge in [0.2, 0.25) is 5.91 Å². The molecule has 4 rings (SSSR count). The number of carbonyl (C=O) groups excluding carboxylic acids is 1. The third-order valence-corrected chi connectivity index (χ3v) is 5.32. The minimum absolute atomic E-state index is 0.0328. The molecule has 0 unspecified atom stereocenters. The summed E-state index contributed by atoms with van der Waals surface area (Å²) in [7, 11) is 0. The minimum Gasteiger partial charge on any atom is -0.326 e. The van der Waals surface area contributed by atoms with Crippen LogP contribution in [0.5, 0.6) is 0 Å². The fourth-order valence-electron chi connectivity index (χ4n) is 3.43. The first-order valence-electron chi connectivity index (χ1n) is 9.26. The topological polar surface area (TPSA) is 59.8 Å². The van der Waals surface area contributed by atoms with Gasteiger partial charge in [-0.15, -0.1) is 10.2 Å². The normalized spacial score (nSPS) is 13.7. The van der Waals surface area contributed by atoms with Crippen LogP contribution in [-0.4, -0.2) is 20.7 Å². The molecule has 1 N–H and O–H groups in total. The SMILES string of the molecule is O=C(Cc1ccc(Br)cc1)Nc1cccc(-c2nnc3n2CCCCC3)c1. The van der Waals surface area contributed by atoms with Gasteiger partial charge in [0.05, 0.1) is 6.42 Å². The quantitative estimate of drug-likeness (QED) is 0.664. The maximum absolute atomic E-state index is 12.4. The average molecular weight is 425 g/mol. The Labute approximate surface area is 167 Å². The summed E-state index contributed by atoms with van der Waals surface area (Å²) < 4.78 is 3.22. The van der Waals surface area contributed by atoms with Crippen molar-refractivity contribution in [2.75, 3.05) is 5.32 Å². The Kier molecular flexibility index (Phi) is 5.34. The molecule has 1 amide bonds. The van der Waals surface area contributed by atoms with Crippen LogP contribution in [0.25, 0.3) is 11.4 Å². The van der Waals surface area contributed by atoms with E-state index in [1.165, 1.54) is 12.8 Å². The summed E-state index contributed by atoms with van der Waals surface area (Å²) in [5.74, 6) is 1.91. The largest absolute Gasteiger partial charge is 0.326 e. The van der Waals surface area contributed by atoms with Gasteiger partial charge in [0.1, 0.15) is 5.82 Å². The van der Waals surface area contributed by atoms with Crippen LogP contribution >= 0.6 is 15.9 Å². The number of halogens is 1. The zero-order valence-electron chi connectivity index (χ0n) is 15.0. The molecule has 1 aliphatic heterocycles. The Hall–Kier alpha value is -2.47. The van der Waals surface area contributed by atoms with E-state index in [2.05, 4.69) is 36.0 Å². The second-order valence-corrected chi connectivity index (χ2v) is 7.75. The van der Waals surface area contributed by atoms with Gasteiger partial charge in [-0.1, -0.05) is 46.6 Å². The number of aromatic nitrogens is 3. The van der Waals surface area contributed by atoms with Gasteiger partial charge < -0.3 is 9.88 Å². The molecule has 138 valence electrons. The van der Waals surface area contributed by atoms with E-state index in [0.717, 1.165) is 52.3 Å². The van der Waals surface area contributed by atoms with Crippen molar-refractivity contribution in [3.8, 4) is 11.4 Å². The van der Waals surface area contributed by atoms with Crippen molar-refractivity contribution in [2.24, 2.45) is 0 Å². The number of carbonyl (C=O) groups is 1. The summed E-state index contributed by atoms with van der Waals surface area (Å²) in [6, 6.07) is 15.6. The van der Waals surface area contributed by atoms with E-state index in [1.54, 1.807) is 0 Å². The Morgan fingerprint density at radius 3 is 2.78 bits per heavy atom. The maximum Gasteiger partial charge on any atom is 0.228 e.